The highest BCUT2D eigenvalue weighted by molar-refractivity contribution is 6.32. The number of para-hydroxylation sites is 1. The third-order valence-corrected chi connectivity index (χ3v) is 4.06. The molecule has 0 saturated carbocycles. The van der Waals surface area contributed by atoms with Crippen LogP contribution >= 0.6 is 11.6 Å². The van der Waals surface area contributed by atoms with Crippen molar-refractivity contribution >= 4 is 11.6 Å². The van der Waals surface area contributed by atoms with Crippen molar-refractivity contribution in [1.82, 2.24) is 5.32 Å². The van der Waals surface area contributed by atoms with Crippen LogP contribution in [0.5, 0.6) is 11.5 Å². The Morgan fingerprint density at radius 3 is 2.30 bits per heavy atom. The molecule has 3 heteroatoms. The average molecular weight is 332 g/mol. The van der Waals surface area contributed by atoms with Gasteiger partial charge >= 0.3 is 0 Å². The molecule has 124 valence electrons. The Bertz CT molecular complexity index is 616. The summed E-state index contributed by atoms with van der Waals surface area (Å²) in [4.78, 5) is 0. The van der Waals surface area contributed by atoms with Crippen molar-refractivity contribution in [2.24, 2.45) is 0 Å². The van der Waals surface area contributed by atoms with Crippen molar-refractivity contribution in [3.63, 3.8) is 0 Å². The number of rotatable bonds is 6. The fraction of sp³-hybridized carbons (Fsp3) is 0.400. The molecule has 0 aromatic heterocycles. The molecular weight excluding hydrogens is 306 g/mol. The van der Waals surface area contributed by atoms with Gasteiger partial charge in [-0.05, 0) is 69.5 Å². The molecule has 0 bridgehead atoms. The van der Waals surface area contributed by atoms with Gasteiger partial charge in [-0.3, -0.25) is 0 Å². The maximum Gasteiger partial charge on any atom is 0.146 e. The van der Waals surface area contributed by atoms with E-state index in [1.807, 2.05) is 36.4 Å². The quantitative estimate of drug-likeness (QED) is 0.699. The van der Waals surface area contributed by atoms with Crippen LogP contribution in [-0.4, -0.2) is 12.1 Å². The van der Waals surface area contributed by atoms with Crippen LogP contribution in [0.15, 0.2) is 48.5 Å². The molecule has 0 radical (unpaired) electrons. The van der Waals surface area contributed by atoms with Crippen LogP contribution in [0.2, 0.25) is 5.02 Å². The first-order valence-corrected chi connectivity index (χ1v) is 8.50. The van der Waals surface area contributed by atoms with E-state index in [1.54, 1.807) is 0 Å². The molecule has 1 atom stereocenters. The van der Waals surface area contributed by atoms with E-state index in [9.17, 15) is 0 Å². The lowest BCUT2D eigenvalue weighted by molar-refractivity contribution is 0.413. The van der Waals surface area contributed by atoms with Crippen LogP contribution in [0.4, 0.5) is 0 Å². The Hall–Kier alpha value is -1.51. The molecule has 23 heavy (non-hydrogen) atoms. The molecule has 2 nitrogen and oxygen atoms in total. The van der Waals surface area contributed by atoms with Crippen LogP contribution < -0.4 is 10.1 Å². The van der Waals surface area contributed by atoms with Gasteiger partial charge in [0.05, 0.1) is 5.02 Å². The number of halogens is 1. The van der Waals surface area contributed by atoms with Crippen molar-refractivity contribution in [1.29, 1.82) is 0 Å². The van der Waals surface area contributed by atoms with E-state index in [1.165, 1.54) is 5.56 Å². The fourth-order valence-electron chi connectivity index (χ4n) is 2.35. The molecule has 1 N–H and O–H groups in total. The number of nitrogens with one attached hydrogen (secondary N) is 1. The second kappa shape index (κ2) is 7.85. The smallest absolute Gasteiger partial charge is 0.146 e. The number of hydrogen-bond donors (Lipinski definition) is 1. The third-order valence-electron chi connectivity index (χ3n) is 3.75. The van der Waals surface area contributed by atoms with E-state index in [0.717, 1.165) is 18.7 Å². The monoisotopic (exact) mass is 331 g/mol. The van der Waals surface area contributed by atoms with Crippen LogP contribution in [-0.2, 0) is 0 Å². The predicted molar refractivity (Wildman–Crippen MR) is 98.8 cm³/mol. The van der Waals surface area contributed by atoms with Gasteiger partial charge in [0.1, 0.15) is 11.5 Å². The summed E-state index contributed by atoms with van der Waals surface area (Å²) < 4.78 is 5.83. The normalized spacial score (nSPS) is 12.9. The summed E-state index contributed by atoms with van der Waals surface area (Å²) in [6, 6.07) is 15.8. The van der Waals surface area contributed by atoms with E-state index in [0.29, 0.717) is 16.7 Å². The lowest BCUT2D eigenvalue weighted by Crippen LogP contribution is -2.36. The highest BCUT2D eigenvalue weighted by Gasteiger charge is 2.11. The summed E-state index contributed by atoms with van der Waals surface area (Å²) in [5.74, 6) is 2.01. The van der Waals surface area contributed by atoms with Gasteiger partial charge in [0.15, 0.2) is 0 Å². The van der Waals surface area contributed by atoms with Gasteiger partial charge in [-0.25, -0.2) is 0 Å². The summed E-state index contributed by atoms with van der Waals surface area (Å²) in [5.41, 5.74) is 1.50. The maximum atomic E-state index is 6.12. The van der Waals surface area contributed by atoms with E-state index in [-0.39, 0.29) is 5.54 Å². The molecule has 0 spiro atoms. The molecule has 0 aliphatic rings. The Morgan fingerprint density at radius 2 is 1.70 bits per heavy atom. The molecule has 2 aromatic rings. The summed E-state index contributed by atoms with van der Waals surface area (Å²) in [5, 5.41) is 4.16. The number of ether oxygens (including phenoxy) is 1. The molecule has 0 amide bonds. The highest BCUT2D eigenvalue weighted by Crippen LogP contribution is 2.30. The summed E-state index contributed by atoms with van der Waals surface area (Å²) >= 11 is 6.12. The third kappa shape index (κ3) is 5.89. The molecule has 2 aromatic carbocycles. The maximum absolute atomic E-state index is 6.12. The standard InChI is InChI=1S/C20H26ClNO/c1-15(13-14-22-20(2,3)4)16-9-11-17(12-10-16)23-19-8-6-5-7-18(19)21/h5-12,15,22H,13-14H2,1-4H3. The zero-order chi connectivity index (χ0) is 16.9. The molecule has 2 rings (SSSR count). The van der Waals surface area contributed by atoms with Gasteiger partial charge in [-0.15, -0.1) is 0 Å². The molecular formula is C20H26ClNO. The molecule has 0 aliphatic carbocycles. The lowest BCUT2D eigenvalue weighted by atomic mass is 9.97. The summed E-state index contributed by atoms with van der Waals surface area (Å²) in [6.45, 7) is 9.85. The van der Waals surface area contributed by atoms with Gasteiger partial charge in [0, 0.05) is 5.54 Å². The Kier molecular flexibility index (Phi) is 6.09. The average Bonchev–Trinajstić information content (AvgIpc) is 2.49. The zero-order valence-corrected chi connectivity index (χ0v) is 15.2. The lowest BCUT2D eigenvalue weighted by Gasteiger charge is -2.22. The van der Waals surface area contributed by atoms with Crippen LogP contribution in [0.25, 0.3) is 0 Å². The largest absolute Gasteiger partial charge is 0.456 e. The van der Waals surface area contributed by atoms with Gasteiger partial charge in [-0.2, -0.15) is 0 Å². The summed E-state index contributed by atoms with van der Waals surface area (Å²) in [7, 11) is 0. The topological polar surface area (TPSA) is 21.3 Å². The Morgan fingerprint density at radius 1 is 1.04 bits per heavy atom. The molecule has 0 heterocycles. The Balaban J connectivity index is 1.92. The van der Waals surface area contributed by atoms with Crippen LogP contribution in [0.1, 0.15) is 45.6 Å². The van der Waals surface area contributed by atoms with E-state index in [4.69, 9.17) is 16.3 Å². The summed E-state index contributed by atoms with van der Waals surface area (Å²) in [6.07, 6.45) is 1.11. The van der Waals surface area contributed by atoms with E-state index < -0.39 is 0 Å². The fourth-order valence-corrected chi connectivity index (χ4v) is 2.52. The highest BCUT2D eigenvalue weighted by atomic mass is 35.5. The zero-order valence-electron chi connectivity index (χ0n) is 14.4. The van der Waals surface area contributed by atoms with Crippen molar-refractivity contribution in [2.45, 2.75) is 45.6 Å². The molecule has 1 unspecified atom stereocenters. The minimum absolute atomic E-state index is 0.173. The van der Waals surface area contributed by atoms with Crippen molar-refractivity contribution in [3.05, 3.63) is 59.1 Å². The first kappa shape index (κ1) is 17.8. The SMILES string of the molecule is CC(CCNC(C)(C)C)c1ccc(Oc2ccccc2Cl)cc1. The van der Waals surface area contributed by atoms with Crippen molar-refractivity contribution in [3.8, 4) is 11.5 Å². The van der Waals surface area contributed by atoms with E-state index in [2.05, 4.69) is 45.1 Å². The van der Waals surface area contributed by atoms with E-state index >= 15 is 0 Å². The Labute approximate surface area is 144 Å². The predicted octanol–water partition coefficient (Wildman–Crippen LogP) is 6.01. The first-order valence-electron chi connectivity index (χ1n) is 8.12. The second-order valence-electron chi connectivity index (χ2n) is 6.97. The van der Waals surface area contributed by atoms with Gasteiger partial charge in [0.2, 0.25) is 0 Å². The van der Waals surface area contributed by atoms with Crippen LogP contribution in [0, 0.1) is 0 Å². The minimum atomic E-state index is 0.173. The minimum Gasteiger partial charge on any atom is -0.456 e. The van der Waals surface area contributed by atoms with Gasteiger partial charge in [0.25, 0.3) is 0 Å². The van der Waals surface area contributed by atoms with Crippen molar-refractivity contribution in [2.75, 3.05) is 6.54 Å². The second-order valence-corrected chi connectivity index (χ2v) is 7.38. The van der Waals surface area contributed by atoms with Gasteiger partial charge < -0.3 is 10.1 Å². The molecule has 0 saturated heterocycles. The molecule has 0 aliphatic heterocycles. The van der Waals surface area contributed by atoms with Crippen LogP contribution in [0.3, 0.4) is 0 Å². The first-order chi connectivity index (χ1) is 10.8. The number of hydrogen-bond acceptors (Lipinski definition) is 2. The number of benzene rings is 2. The molecule has 0 fully saturated rings. The van der Waals surface area contributed by atoms with Crippen molar-refractivity contribution < 1.29 is 4.74 Å². The van der Waals surface area contributed by atoms with Gasteiger partial charge in [-0.1, -0.05) is 42.8 Å².